The summed E-state index contributed by atoms with van der Waals surface area (Å²) < 4.78 is 17.9. The van der Waals surface area contributed by atoms with Crippen LogP contribution in [0, 0.1) is 12.1 Å². The van der Waals surface area contributed by atoms with Crippen molar-refractivity contribution in [2.24, 2.45) is 0 Å². The topological polar surface area (TPSA) is 43.9 Å². The summed E-state index contributed by atoms with van der Waals surface area (Å²) in [5, 5.41) is 10.8. The second kappa shape index (κ2) is 18.9. The smallest absolute Gasteiger partial charge is 0.121 e. The predicted octanol–water partition coefficient (Wildman–Crippen LogP) is 17.6. The largest absolute Gasteiger partial charge is 0.501 e. The van der Waals surface area contributed by atoms with Gasteiger partial charge in [-0.1, -0.05) is 189 Å². The van der Waals surface area contributed by atoms with Crippen LogP contribution >= 0.6 is 0 Å². The number of nitrogens with zero attached hydrogens (tertiary/aromatic N) is 3. The number of benzene rings is 8. The minimum atomic E-state index is -1.50. The molecule has 11 aromatic rings. The summed E-state index contributed by atoms with van der Waals surface area (Å²) in [7, 11) is -1.50. The number of fused-ring (bicyclic) bond motifs is 9. The van der Waals surface area contributed by atoms with Crippen LogP contribution in [0.3, 0.4) is 0 Å². The molecule has 355 valence electrons. The molecule has 0 aliphatic heterocycles. The monoisotopic (exact) mass is 1110 g/mol. The number of rotatable bonds is 7. The molecule has 70 heavy (non-hydrogen) atoms. The summed E-state index contributed by atoms with van der Waals surface area (Å²) in [4.78, 5) is 10.1. The normalized spacial score (nSPS) is 12.6. The SMILES string of the molecule is CC(C)c1cccc(C(C)C)c1-n1c(-c2[c-]cc(C(C)(C)C)c3c2oc2cc4c(ccc5ccccc54)cc23)nc2ccc3ccccc3c21.[2H]C(C)(C)c1cc(-c2[c-]cccc2)ncc1[Si](C)(C)C.[Ir]. The fraction of sp³-hybridized carbons (Fsp3) is 0.250. The fourth-order valence-corrected chi connectivity index (χ4v) is 11.8. The van der Waals surface area contributed by atoms with Crippen molar-refractivity contribution in [2.75, 3.05) is 0 Å². The Kier molecular flexibility index (Phi) is 12.8. The van der Waals surface area contributed by atoms with Crippen molar-refractivity contribution in [1.82, 2.24) is 14.5 Å². The first-order valence-electron chi connectivity index (χ1n) is 25.0. The van der Waals surface area contributed by atoms with Gasteiger partial charge in [-0.2, -0.15) is 0 Å². The number of hydrogen-bond donors (Lipinski definition) is 0. The van der Waals surface area contributed by atoms with E-state index in [0.717, 1.165) is 61.2 Å². The van der Waals surface area contributed by atoms with Crippen molar-refractivity contribution in [3.63, 3.8) is 0 Å². The predicted molar refractivity (Wildman–Crippen MR) is 298 cm³/mol. The standard InChI is InChI=1S/C47H41N2O.C17H22NSi.Ir/c1-27(2)32-17-12-18-33(28(3)4)43(32)49-44-35-16-11-9-14-30(35)21-24-40(44)48-46(49)36-22-23-39(47(5,6)7)42-38-25-31-20-19-29-13-8-10-15-34(29)37(31)26-41(38)50-45(36)42;1-13(2)15-11-16(14-9-7-6-8-10-14)18-12-17(15)19(3,4)5;/h8-21,23-28H,1-7H3;6-9,11-13H,1-5H3;/q2*-1;/i;13D;. The number of hydrogen-bond acceptors (Lipinski definition) is 3. The van der Waals surface area contributed by atoms with Crippen LogP contribution in [-0.2, 0) is 25.5 Å². The average Bonchev–Trinajstić information content (AvgIpc) is 3.91. The second-order valence-corrected chi connectivity index (χ2v) is 26.7. The van der Waals surface area contributed by atoms with Crippen LogP contribution in [0.1, 0.15) is 104 Å². The first-order valence-corrected chi connectivity index (χ1v) is 28.0. The maximum atomic E-state index is 8.44. The summed E-state index contributed by atoms with van der Waals surface area (Å²) in [6, 6.07) is 56.5. The maximum absolute atomic E-state index is 8.44. The van der Waals surface area contributed by atoms with E-state index in [-0.39, 0.29) is 25.5 Å². The Labute approximate surface area is 430 Å². The van der Waals surface area contributed by atoms with Crippen molar-refractivity contribution >= 4 is 78.5 Å². The average molecular weight is 1110 g/mol. The van der Waals surface area contributed by atoms with Gasteiger partial charge in [0.05, 0.1) is 30.5 Å². The van der Waals surface area contributed by atoms with Gasteiger partial charge in [0.25, 0.3) is 0 Å². The molecule has 0 N–H and O–H groups in total. The van der Waals surface area contributed by atoms with Gasteiger partial charge < -0.3 is 14.0 Å². The zero-order valence-electron chi connectivity index (χ0n) is 43.6. The van der Waals surface area contributed by atoms with Gasteiger partial charge in [0, 0.05) is 44.1 Å². The molecule has 0 fully saturated rings. The molecule has 0 saturated heterocycles. The molecule has 0 amide bonds. The number of furan rings is 1. The Morgan fingerprint density at radius 1 is 0.657 bits per heavy atom. The Hall–Kier alpha value is -6.17. The van der Waals surface area contributed by atoms with Gasteiger partial charge in [-0.25, -0.2) is 0 Å². The molecule has 0 aliphatic rings. The van der Waals surface area contributed by atoms with Crippen LogP contribution in [-0.4, -0.2) is 22.6 Å². The molecule has 0 saturated carbocycles. The molecule has 8 aromatic carbocycles. The van der Waals surface area contributed by atoms with Gasteiger partial charge in [-0.3, -0.25) is 4.98 Å². The number of imidazole rings is 1. The molecule has 0 unspecified atom stereocenters. The molecule has 0 bridgehead atoms. The first kappa shape index (κ1) is 47.5. The van der Waals surface area contributed by atoms with Crippen molar-refractivity contribution < 1.29 is 25.9 Å². The van der Waals surface area contributed by atoms with Crippen LogP contribution in [0.5, 0.6) is 0 Å². The van der Waals surface area contributed by atoms with Gasteiger partial charge in [0.1, 0.15) is 5.58 Å². The van der Waals surface area contributed by atoms with E-state index in [0.29, 0.717) is 11.8 Å². The van der Waals surface area contributed by atoms with Gasteiger partial charge in [0.2, 0.25) is 0 Å². The molecule has 0 aliphatic carbocycles. The molecule has 0 spiro atoms. The zero-order chi connectivity index (χ0) is 49.4. The molecule has 0 atom stereocenters. The Balaban J connectivity index is 0.000000251. The van der Waals surface area contributed by atoms with E-state index in [1.165, 1.54) is 59.9 Å². The number of aromatic nitrogens is 3. The van der Waals surface area contributed by atoms with Gasteiger partial charge >= 0.3 is 0 Å². The van der Waals surface area contributed by atoms with Crippen LogP contribution in [0.15, 0.2) is 150 Å². The third-order valence-corrected chi connectivity index (χ3v) is 15.8. The van der Waals surface area contributed by atoms with E-state index in [1.54, 1.807) is 0 Å². The van der Waals surface area contributed by atoms with Crippen LogP contribution in [0.25, 0.3) is 93.6 Å². The summed E-state index contributed by atoms with van der Waals surface area (Å²) in [6.07, 6.45) is 1.98. The summed E-state index contributed by atoms with van der Waals surface area (Å²) in [5.41, 5.74) is 12.6. The summed E-state index contributed by atoms with van der Waals surface area (Å²) >= 11 is 0. The molecule has 3 heterocycles. The van der Waals surface area contributed by atoms with E-state index >= 15 is 0 Å². The maximum Gasteiger partial charge on any atom is 0.121 e. The first-order chi connectivity index (χ1) is 33.3. The van der Waals surface area contributed by atoms with Crippen molar-refractivity contribution in [3.05, 3.63) is 180 Å². The van der Waals surface area contributed by atoms with Gasteiger partial charge in [-0.15, -0.1) is 53.6 Å². The van der Waals surface area contributed by atoms with Crippen LogP contribution in [0.2, 0.25) is 19.6 Å². The summed E-state index contributed by atoms with van der Waals surface area (Å²) in [5.74, 6) is 0.863. The molecule has 11 rings (SSSR count). The van der Waals surface area contributed by atoms with E-state index in [2.05, 4.69) is 205 Å². The van der Waals surface area contributed by atoms with Crippen molar-refractivity contribution in [3.8, 4) is 28.3 Å². The summed E-state index contributed by atoms with van der Waals surface area (Å²) in [6.45, 7) is 26.8. The molecular formula is C64H63IrN3OSi-2. The van der Waals surface area contributed by atoms with E-state index < -0.39 is 14.0 Å². The molecule has 4 nitrogen and oxygen atoms in total. The number of pyridine rings is 1. The minimum Gasteiger partial charge on any atom is -0.501 e. The molecule has 6 heteroatoms. The third kappa shape index (κ3) is 8.73. The van der Waals surface area contributed by atoms with E-state index in [1.807, 2.05) is 44.3 Å². The van der Waals surface area contributed by atoms with Crippen molar-refractivity contribution in [1.29, 1.82) is 0 Å². The van der Waals surface area contributed by atoms with Crippen molar-refractivity contribution in [2.45, 2.75) is 105 Å². The van der Waals surface area contributed by atoms with E-state index in [9.17, 15) is 0 Å². The number of para-hydroxylation sites is 1. The fourth-order valence-electron chi connectivity index (χ4n) is 10.2. The third-order valence-electron chi connectivity index (χ3n) is 13.8. The Morgan fingerprint density at radius 2 is 1.30 bits per heavy atom. The molecular weight excluding hydrogens is 1050 g/mol. The van der Waals surface area contributed by atoms with Crippen LogP contribution < -0.4 is 5.19 Å². The van der Waals surface area contributed by atoms with Gasteiger partial charge in [0.15, 0.2) is 0 Å². The second-order valence-electron chi connectivity index (χ2n) is 21.7. The van der Waals surface area contributed by atoms with E-state index in [4.69, 9.17) is 10.8 Å². The molecule has 3 aromatic heterocycles. The Morgan fingerprint density at radius 3 is 1.94 bits per heavy atom. The molecule has 1 radical (unpaired) electrons. The zero-order valence-corrected chi connectivity index (χ0v) is 46.0. The minimum absolute atomic E-state index is 0. The van der Waals surface area contributed by atoms with Gasteiger partial charge in [-0.05, 0) is 90.3 Å². The Bertz CT molecular complexity index is 3760. The quantitative estimate of drug-likeness (QED) is 0.0907. The van der Waals surface area contributed by atoms with Crippen LogP contribution in [0.4, 0.5) is 0 Å².